The summed E-state index contributed by atoms with van der Waals surface area (Å²) in [5.41, 5.74) is 0.383. The minimum absolute atomic E-state index is 0.0851. The van der Waals surface area contributed by atoms with E-state index in [-0.39, 0.29) is 17.0 Å². The van der Waals surface area contributed by atoms with Gasteiger partial charge in [-0.1, -0.05) is 19.1 Å². The molecule has 1 N–H and O–H groups in total. The van der Waals surface area contributed by atoms with Crippen LogP contribution in [0.2, 0.25) is 0 Å². The Hall–Kier alpha value is -2.84. The molecular weight excluding hydrogens is 351 g/mol. The van der Waals surface area contributed by atoms with Gasteiger partial charge in [0.05, 0.1) is 6.04 Å². The summed E-state index contributed by atoms with van der Waals surface area (Å²) < 4.78 is 41.5. The van der Waals surface area contributed by atoms with E-state index in [0.29, 0.717) is 18.5 Å². The van der Waals surface area contributed by atoms with Crippen molar-refractivity contribution in [3.63, 3.8) is 0 Å². The highest BCUT2D eigenvalue weighted by Crippen LogP contribution is 2.24. The van der Waals surface area contributed by atoms with E-state index in [1.165, 1.54) is 41.1 Å². The summed E-state index contributed by atoms with van der Waals surface area (Å²) in [6, 6.07) is 7.32. The minimum Gasteiger partial charge on any atom is -0.406 e. The summed E-state index contributed by atoms with van der Waals surface area (Å²) in [4.78, 5) is 23.9. The lowest BCUT2D eigenvalue weighted by atomic mass is 10.1. The van der Waals surface area contributed by atoms with Gasteiger partial charge in [-0.05, 0) is 37.1 Å². The highest BCUT2D eigenvalue weighted by atomic mass is 19.4. The number of nitrogens with one attached hydrogen (secondary N) is 1. The Morgan fingerprint density at radius 1 is 1.23 bits per heavy atom. The van der Waals surface area contributed by atoms with Gasteiger partial charge < -0.3 is 10.1 Å². The van der Waals surface area contributed by atoms with Crippen molar-refractivity contribution in [2.45, 2.75) is 39.2 Å². The number of benzene rings is 1. The second kappa shape index (κ2) is 8.03. The molecule has 0 bridgehead atoms. The Kier molecular flexibility index (Phi) is 6.01. The van der Waals surface area contributed by atoms with Crippen LogP contribution in [0.5, 0.6) is 5.75 Å². The Bertz CT molecular complexity index is 816. The van der Waals surface area contributed by atoms with Crippen molar-refractivity contribution in [2.24, 2.45) is 0 Å². The standard InChI is InChI=1S/C17H18F3N3O3/c1-3-10-23-15(24)9-8-14(22-23)16(25)21-11(2)12-4-6-13(7-5-12)26-17(18,19)20/h4-9,11H,3,10H2,1-2H3,(H,21,25). The number of carbonyl (C=O) groups excluding carboxylic acids is 1. The third-order valence-electron chi connectivity index (χ3n) is 3.50. The number of halogens is 3. The van der Waals surface area contributed by atoms with Crippen molar-refractivity contribution < 1.29 is 22.7 Å². The number of amides is 1. The summed E-state index contributed by atoms with van der Waals surface area (Å²) in [6.45, 7) is 3.96. The van der Waals surface area contributed by atoms with E-state index in [4.69, 9.17) is 0 Å². The average Bonchev–Trinajstić information content (AvgIpc) is 2.56. The average molecular weight is 369 g/mol. The molecule has 0 fully saturated rings. The highest BCUT2D eigenvalue weighted by molar-refractivity contribution is 5.92. The quantitative estimate of drug-likeness (QED) is 0.849. The van der Waals surface area contributed by atoms with Crippen molar-refractivity contribution in [1.82, 2.24) is 15.1 Å². The lowest BCUT2D eigenvalue weighted by Gasteiger charge is -2.15. The first-order valence-electron chi connectivity index (χ1n) is 7.94. The summed E-state index contributed by atoms with van der Waals surface area (Å²) in [5, 5.41) is 6.70. The number of carbonyl (C=O) groups is 1. The number of nitrogens with zero attached hydrogens (tertiary/aromatic N) is 2. The van der Waals surface area contributed by atoms with Crippen LogP contribution in [0.3, 0.4) is 0 Å². The number of ether oxygens (including phenoxy) is 1. The van der Waals surface area contributed by atoms with Gasteiger partial charge in [0.15, 0.2) is 0 Å². The fourth-order valence-corrected chi connectivity index (χ4v) is 2.25. The molecule has 6 nitrogen and oxygen atoms in total. The molecule has 0 radical (unpaired) electrons. The molecule has 1 heterocycles. The molecule has 2 rings (SSSR count). The number of hydrogen-bond acceptors (Lipinski definition) is 4. The van der Waals surface area contributed by atoms with E-state index in [2.05, 4.69) is 15.2 Å². The second-order valence-electron chi connectivity index (χ2n) is 5.59. The molecule has 1 unspecified atom stereocenters. The first-order valence-corrected chi connectivity index (χ1v) is 7.94. The molecule has 9 heteroatoms. The molecular formula is C17H18F3N3O3. The van der Waals surface area contributed by atoms with Crippen LogP contribution in [0.4, 0.5) is 13.2 Å². The van der Waals surface area contributed by atoms with Crippen LogP contribution >= 0.6 is 0 Å². The summed E-state index contributed by atoms with van der Waals surface area (Å²) in [7, 11) is 0. The molecule has 0 aliphatic carbocycles. The summed E-state index contributed by atoms with van der Waals surface area (Å²) in [6.07, 6.45) is -4.06. The van der Waals surface area contributed by atoms with E-state index in [1.54, 1.807) is 6.92 Å². The molecule has 2 aromatic rings. The maximum absolute atomic E-state index is 12.3. The van der Waals surface area contributed by atoms with Crippen molar-refractivity contribution in [3.05, 3.63) is 58.0 Å². The van der Waals surface area contributed by atoms with Crippen LogP contribution in [0.15, 0.2) is 41.2 Å². The van der Waals surface area contributed by atoms with Crippen LogP contribution in [-0.4, -0.2) is 22.1 Å². The van der Waals surface area contributed by atoms with Crippen LogP contribution in [0.25, 0.3) is 0 Å². The normalized spacial score (nSPS) is 12.5. The monoisotopic (exact) mass is 369 g/mol. The lowest BCUT2D eigenvalue weighted by Crippen LogP contribution is -2.31. The van der Waals surface area contributed by atoms with Crippen molar-refractivity contribution in [2.75, 3.05) is 0 Å². The Labute approximate surface area is 147 Å². The number of rotatable bonds is 6. The molecule has 0 saturated heterocycles. The van der Waals surface area contributed by atoms with E-state index in [0.717, 1.165) is 0 Å². The van der Waals surface area contributed by atoms with E-state index >= 15 is 0 Å². The topological polar surface area (TPSA) is 73.2 Å². The second-order valence-corrected chi connectivity index (χ2v) is 5.59. The van der Waals surface area contributed by atoms with Gasteiger partial charge >= 0.3 is 6.36 Å². The molecule has 26 heavy (non-hydrogen) atoms. The van der Waals surface area contributed by atoms with Crippen LogP contribution in [0.1, 0.15) is 42.4 Å². The van der Waals surface area contributed by atoms with E-state index in [1.807, 2.05) is 6.92 Å². The Morgan fingerprint density at radius 2 is 1.88 bits per heavy atom. The number of alkyl halides is 3. The van der Waals surface area contributed by atoms with Crippen molar-refractivity contribution in [1.29, 1.82) is 0 Å². The molecule has 0 aliphatic heterocycles. The number of aromatic nitrogens is 2. The van der Waals surface area contributed by atoms with Gasteiger partial charge in [-0.15, -0.1) is 13.2 Å². The molecule has 0 spiro atoms. The van der Waals surface area contributed by atoms with Gasteiger partial charge in [-0.25, -0.2) is 4.68 Å². The Morgan fingerprint density at radius 3 is 2.46 bits per heavy atom. The summed E-state index contributed by atoms with van der Waals surface area (Å²) >= 11 is 0. The van der Waals surface area contributed by atoms with Gasteiger partial charge in [0.2, 0.25) is 0 Å². The van der Waals surface area contributed by atoms with Gasteiger partial charge in [0, 0.05) is 12.6 Å². The minimum atomic E-state index is -4.76. The molecule has 140 valence electrons. The zero-order valence-electron chi connectivity index (χ0n) is 14.2. The lowest BCUT2D eigenvalue weighted by molar-refractivity contribution is -0.274. The predicted molar refractivity (Wildman–Crippen MR) is 87.8 cm³/mol. The molecule has 0 aliphatic rings. The van der Waals surface area contributed by atoms with E-state index in [9.17, 15) is 22.8 Å². The maximum Gasteiger partial charge on any atom is 0.573 e. The third-order valence-corrected chi connectivity index (χ3v) is 3.50. The SMILES string of the molecule is CCCn1nc(C(=O)NC(C)c2ccc(OC(F)(F)F)cc2)ccc1=O. The first kappa shape index (κ1) is 19.5. The molecule has 0 saturated carbocycles. The van der Waals surface area contributed by atoms with Crippen molar-refractivity contribution >= 4 is 5.91 Å². The van der Waals surface area contributed by atoms with Gasteiger partial charge in [-0.3, -0.25) is 9.59 Å². The zero-order valence-corrected chi connectivity index (χ0v) is 14.2. The van der Waals surface area contributed by atoms with Gasteiger partial charge in [0.25, 0.3) is 11.5 Å². The van der Waals surface area contributed by atoms with Gasteiger partial charge in [-0.2, -0.15) is 5.10 Å². The fourth-order valence-electron chi connectivity index (χ4n) is 2.25. The number of aryl methyl sites for hydroxylation is 1. The zero-order chi connectivity index (χ0) is 19.3. The van der Waals surface area contributed by atoms with Gasteiger partial charge in [0.1, 0.15) is 11.4 Å². The van der Waals surface area contributed by atoms with Crippen LogP contribution in [0, 0.1) is 0 Å². The molecule has 1 amide bonds. The predicted octanol–water partition coefficient (Wildman–Crippen LogP) is 3.04. The first-order chi connectivity index (χ1) is 12.2. The van der Waals surface area contributed by atoms with Crippen LogP contribution in [-0.2, 0) is 6.54 Å². The smallest absolute Gasteiger partial charge is 0.406 e. The largest absolute Gasteiger partial charge is 0.573 e. The maximum atomic E-state index is 12.3. The number of hydrogen-bond donors (Lipinski definition) is 1. The fraction of sp³-hybridized carbons (Fsp3) is 0.353. The van der Waals surface area contributed by atoms with Crippen LogP contribution < -0.4 is 15.6 Å². The Balaban J connectivity index is 2.07. The third kappa shape index (κ3) is 5.33. The highest BCUT2D eigenvalue weighted by Gasteiger charge is 2.31. The molecule has 1 aromatic carbocycles. The summed E-state index contributed by atoms with van der Waals surface area (Å²) in [5.74, 6) is -0.828. The molecule has 1 aromatic heterocycles. The molecule has 1 atom stereocenters. The van der Waals surface area contributed by atoms with E-state index < -0.39 is 18.3 Å². The van der Waals surface area contributed by atoms with Crippen molar-refractivity contribution in [3.8, 4) is 5.75 Å².